The number of carbonyl (C=O) groups excluding carboxylic acids is 2. The monoisotopic (exact) mass is 248 g/mol. The van der Waals surface area contributed by atoms with Crippen LogP contribution >= 0.6 is 0 Å². The van der Waals surface area contributed by atoms with Crippen LogP contribution in [0.3, 0.4) is 0 Å². The van der Waals surface area contributed by atoms with Crippen molar-refractivity contribution in [2.75, 3.05) is 19.4 Å². The molecule has 0 bridgehead atoms. The Bertz CT molecular complexity index is 424. The molecule has 18 heavy (non-hydrogen) atoms. The zero-order chi connectivity index (χ0) is 13.7. The largest absolute Gasteiger partial charge is 0.326 e. The molecule has 0 spiro atoms. The van der Waals surface area contributed by atoms with Crippen molar-refractivity contribution in [3.8, 4) is 0 Å². The second-order valence-electron chi connectivity index (χ2n) is 4.51. The number of amides is 1. The maximum absolute atomic E-state index is 12.2. The van der Waals surface area contributed by atoms with Gasteiger partial charge in [-0.1, -0.05) is 6.92 Å². The maximum atomic E-state index is 12.2. The first-order valence-corrected chi connectivity index (χ1v) is 6.04. The van der Waals surface area contributed by atoms with E-state index in [0.29, 0.717) is 11.3 Å². The predicted molar refractivity (Wildman–Crippen MR) is 72.8 cm³/mol. The topological polar surface area (TPSA) is 49.4 Å². The molecular weight excluding hydrogens is 228 g/mol. The average Bonchev–Trinajstić information content (AvgIpc) is 2.29. The number of carbonyl (C=O) groups is 2. The second kappa shape index (κ2) is 6.31. The van der Waals surface area contributed by atoms with Gasteiger partial charge < -0.3 is 5.32 Å². The summed E-state index contributed by atoms with van der Waals surface area (Å²) in [7, 11) is 3.80. The third-order valence-corrected chi connectivity index (χ3v) is 2.80. The molecule has 0 saturated carbocycles. The first-order valence-electron chi connectivity index (χ1n) is 6.04. The Balaban J connectivity index is 2.84. The summed E-state index contributed by atoms with van der Waals surface area (Å²) in [5.74, 6) is -0.00863. The molecule has 4 nitrogen and oxygen atoms in total. The summed E-state index contributed by atoms with van der Waals surface area (Å²) < 4.78 is 0. The van der Waals surface area contributed by atoms with Crippen LogP contribution < -0.4 is 5.32 Å². The smallest absolute Gasteiger partial charge is 0.221 e. The Labute approximate surface area is 108 Å². The van der Waals surface area contributed by atoms with Crippen molar-refractivity contribution in [3.05, 3.63) is 29.8 Å². The van der Waals surface area contributed by atoms with Gasteiger partial charge in [-0.05, 0) is 44.8 Å². The van der Waals surface area contributed by atoms with Crippen LogP contribution in [0, 0.1) is 0 Å². The van der Waals surface area contributed by atoms with Crippen LogP contribution in [-0.4, -0.2) is 36.7 Å². The Morgan fingerprint density at radius 1 is 1.22 bits per heavy atom. The summed E-state index contributed by atoms with van der Waals surface area (Å²) >= 11 is 0. The Morgan fingerprint density at radius 3 is 2.17 bits per heavy atom. The molecule has 1 atom stereocenters. The fourth-order valence-electron chi connectivity index (χ4n) is 1.90. The van der Waals surface area contributed by atoms with E-state index in [1.54, 1.807) is 24.3 Å². The van der Waals surface area contributed by atoms with Gasteiger partial charge in [-0.15, -0.1) is 0 Å². The zero-order valence-electron chi connectivity index (χ0n) is 11.4. The number of hydrogen-bond donors (Lipinski definition) is 1. The van der Waals surface area contributed by atoms with Crippen molar-refractivity contribution in [1.82, 2.24) is 4.90 Å². The van der Waals surface area contributed by atoms with E-state index < -0.39 is 0 Å². The molecule has 0 radical (unpaired) electrons. The Hall–Kier alpha value is -1.68. The van der Waals surface area contributed by atoms with Crippen molar-refractivity contribution >= 4 is 17.4 Å². The van der Waals surface area contributed by atoms with E-state index in [1.807, 2.05) is 25.9 Å². The van der Waals surface area contributed by atoms with E-state index in [9.17, 15) is 9.59 Å². The van der Waals surface area contributed by atoms with Gasteiger partial charge in [0.05, 0.1) is 6.04 Å². The molecule has 0 aliphatic carbocycles. The van der Waals surface area contributed by atoms with Crippen LogP contribution in [0.25, 0.3) is 0 Å². The van der Waals surface area contributed by atoms with E-state index in [0.717, 1.165) is 6.42 Å². The summed E-state index contributed by atoms with van der Waals surface area (Å²) in [4.78, 5) is 25.0. The molecule has 0 saturated heterocycles. The van der Waals surface area contributed by atoms with Gasteiger partial charge in [0.25, 0.3) is 0 Å². The maximum Gasteiger partial charge on any atom is 0.221 e. The van der Waals surface area contributed by atoms with Crippen LogP contribution in [0.5, 0.6) is 0 Å². The van der Waals surface area contributed by atoms with E-state index >= 15 is 0 Å². The van der Waals surface area contributed by atoms with Gasteiger partial charge in [0.1, 0.15) is 0 Å². The third kappa shape index (κ3) is 3.67. The SMILES string of the molecule is CCC(C(=O)c1ccc(NC(C)=O)cc1)N(C)C. The van der Waals surface area contributed by atoms with Crippen molar-refractivity contribution in [1.29, 1.82) is 0 Å². The van der Waals surface area contributed by atoms with Crippen LogP contribution in [0.1, 0.15) is 30.6 Å². The number of nitrogens with one attached hydrogen (secondary N) is 1. The van der Waals surface area contributed by atoms with Gasteiger partial charge in [-0.2, -0.15) is 0 Å². The molecular formula is C14H20N2O2. The highest BCUT2D eigenvalue weighted by Crippen LogP contribution is 2.14. The van der Waals surface area contributed by atoms with E-state index in [2.05, 4.69) is 5.32 Å². The van der Waals surface area contributed by atoms with E-state index in [-0.39, 0.29) is 17.7 Å². The lowest BCUT2D eigenvalue weighted by molar-refractivity contribution is -0.114. The Morgan fingerprint density at radius 2 is 1.78 bits per heavy atom. The highest BCUT2D eigenvalue weighted by molar-refractivity contribution is 6.00. The molecule has 1 aromatic rings. The molecule has 0 heterocycles. The standard InChI is InChI=1S/C14H20N2O2/c1-5-13(16(3)4)14(18)11-6-8-12(9-7-11)15-10(2)17/h6-9,13H,5H2,1-4H3,(H,15,17). The van der Waals surface area contributed by atoms with Gasteiger partial charge in [-0.25, -0.2) is 0 Å². The highest BCUT2D eigenvalue weighted by Gasteiger charge is 2.19. The third-order valence-electron chi connectivity index (χ3n) is 2.80. The summed E-state index contributed by atoms with van der Waals surface area (Å²) in [6.45, 7) is 3.45. The zero-order valence-corrected chi connectivity index (χ0v) is 11.4. The normalized spacial score (nSPS) is 12.3. The fraction of sp³-hybridized carbons (Fsp3) is 0.429. The summed E-state index contributed by atoms with van der Waals surface area (Å²) in [6, 6.07) is 6.89. The number of likely N-dealkylation sites (N-methyl/N-ethyl adjacent to an activating group) is 1. The first kappa shape index (κ1) is 14.4. The lowest BCUT2D eigenvalue weighted by Gasteiger charge is -2.21. The number of hydrogen-bond acceptors (Lipinski definition) is 3. The molecule has 0 aromatic heterocycles. The number of Topliss-reactive ketones (excluding diaryl/α,β-unsaturated/α-hetero) is 1. The van der Waals surface area contributed by atoms with Gasteiger partial charge >= 0.3 is 0 Å². The number of nitrogens with zero attached hydrogens (tertiary/aromatic N) is 1. The fourth-order valence-corrected chi connectivity index (χ4v) is 1.90. The first-order chi connectivity index (χ1) is 8.45. The number of ketones is 1. The molecule has 1 amide bonds. The lowest BCUT2D eigenvalue weighted by atomic mass is 10.0. The average molecular weight is 248 g/mol. The second-order valence-corrected chi connectivity index (χ2v) is 4.51. The molecule has 0 aliphatic heterocycles. The van der Waals surface area contributed by atoms with Crippen LogP contribution in [0.2, 0.25) is 0 Å². The minimum atomic E-state index is -0.117. The minimum absolute atomic E-state index is 0.100. The van der Waals surface area contributed by atoms with Gasteiger partial charge in [-0.3, -0.25) is 14.5 Å². The minimum Gasteiger partial charge on any atom is -0.326 e. The number of anilines is 1. The number of benzene rings is 1. The van der Waals surface area contributed by atoms with Crippen LogP contribution in [-0.2, 0) is 4.79 Å². The van der Waals surface area contributed by atoms with Crippen molar-refractivity contribution < 1.29 is 9.59 Å². The molecule has 1 unspecified atom stereocenters. The van der Waals surface area contributed by atoms with Crippen molar-refractivity contribution in [2.45, 2.75) is 26.3 Å². The van der Waals surface area contributed by atoms with Gasteiger partial charge in [0.15, 0.2) is 5.78 Å². The molecule has 4 heteroatoms. The highest BCUT2D eigenvalue weighted by atomic mass is 16.1. The van der Waals surface area contributed by atoms with Gasteiger partial charge in [0.2, 0.25) is 5.91 Å². The number of rotatable bonds is 5. The van der Waals surface area contributed by atoms with Gasteiger partial charge in [0, 0.05) is 18.2 Å². The Kier molecular flexibility index (Phi) is 5.04. The quantitative estimate of drug-likeness (QED) is 0.812. The lowest BCUT2D eigenvalue weighted by Crippen LogP contribution is -2.35. The predicted octanol–water partition coefficient (Wildman–Crippen LogP) is 2.17. The van der Waals surface area contributed by atoms with Crippen molar-refractivity contribution in [2.24, 2.45) is 0 Å². The van der Waals surface area contributed by atoms with Crippen molar-refractivity contribution in [3.63, 3.8) is 0 Å². The van der Waals surface area contributed by atoms with E-state index in [4.69, 9.17) is 0 Å². The molecule has 98 valence electrons. The molecule has 0 aliphatic rings. The molecule has 1 aromatic carbocycles. The molecule has 1 rings (SSSR count). The summed E-state index contributed by atoms with van der Waals surface area (Å²) in [5.41, 5.74) is 1.38. The summed E-state index contributed by atoms with van der Waals surface area (Å²) in [6.07, 6.45) is 0.777. The van der Waals surface area contributed by atoms with Crippen LogP contribution in [0.15, 0.2) is 24.3 Å². The van der Waals surface area contributed by atoms with Crippen LogP contribution in [0.4, 0.5) is 5.69 Å². The molecule has 0 fully saturated rings. The molecule has 1 N–H and O–H groups in total. The van der Waals surface area contributed by atoms with E-state index in [1.165, 1.54) is 6.92 Å². The summed E-state index contributed by atoms with van der Waals surface area (Å²) in [5, 5.41) is 2.68.